The number of urea groups is 1. The summed E-state index contributed by atoms with van der Waals surface area (Å²) in [5.74, 6) is -4.21. The molecular weight excluding hydrogens is 1020 g/mol. The van der Waals surface area contributed by atoms with E-state index in [1.807, 2.05) is 0 Å². The molecule has 8 amide bonds. The smallest absolute Gasteiger partial charge is 0.407 e. The molecule has 0 radical (unpaired) electrons. The minimum Gasteiger partial charge on any atom is -0.458 e. The number of alkyl carbamates (subject to hydrolysis) is 1. The maximum atomic E-state index is 15.4. The fraction of sp³-hybridized carbons (Fsp3) is 0.444. The van der Waals surface area contributed by atoms with E-state index in [9.17, 15) is 48.3 Å². The van der Waals surface area contributed by atoms with Crippen molar-refractivity contribution >= 4 is 64.2 Å². The third-order valence-electron chi connectivity index (χ3n) is 14.3. The molecule has 0 bridgehead atoms. The molecule has 5 heterocycles. The summed E-state index contributed by atoms with van der Waals surface area (Å²) in [4.78, 5) is 121. The second kappa shape index (κ2) is 24.1. The first-order valence-corrected chi connectivity index (χ1v) is 25.8. The number of fused-ring (bicyclic) bond motifs is 5. The molecule has 3 aliphatic heterocycles. The average Bonchev–Trinajstić information content (AvgIpc) is 4.11. The number of nitrogens with two attached hydrogens (primary N) is 1. The van der Waals surface area contributed by atoms with Crippen molar-refractivity contribution in [1.29, 1.82) is 0 Å². The van der Waals surface area contributed by atoms with Gasteiger partial charge in [0.05, 0.1) is 68.0 Å². The van der Waals surface area contributed by atoms with Gasteiger partial charge in [-0.05, 0) is 85.4 Å². The zero-order valence-electron chi connectivity index (χ0n) is 43.6. The predicted molar refractivity (Wildman–Crippen MR) is 276 cm³/mol. The van der Waals surface area contributed by atoms with E-state index in [2.05, 4.69) is 26.6 Å². The number of pyridine rings is 2. The van der Waals surface area contributed by atoms with Gasteiger partial charge in [0.1, 0.15) is 31.1 Å². The Bertz CT molecular complexity index is 3140. The van der Waals surface area contributed by atoms with Gasteiger partial charge in [-0.2, -0.15) is 0 Å². The lowest BCUT2D eigenvalue weighted by Gasteiger charge is -2.31. The Morgan fingerprint density at radius 1 is 0.949 bits per heavy atom. The first kappa shape index (κ1) is 56.1. The molecule has 2 aromatic heterocycles. The Morgan fingerprint density at radius 2 is 1.67 bits per heavy atom. The Balaban J connectivity index is 0.870. The largest absolute Gasteiger partial charge is 0.458 e. The van der Waals surface area contributed by atoms with Gasteiger partial charge < -0.3 is 60.9 Å². The van der Waals surface area contributed by atoms with Gasteiger partial charge in [0, 0.05) is 53.4 Å². The molecule has 4 atom stereocenters. The number of imide groups is 1. The van der Waals surface area contributed by atoms with E-state index in [0.717, 1.165) is 10.5 Å². The number of rotatable bonds is 23. The minimum absolute atomic E-state index is 0.0146. The van der Waals surface area contributed by atoms with Crippen LogP contribution < -0.4 is 37.9 Å². The van der Waals surface area contributed by atoms with E-state index < -0.39 is 88.7 Å². The fourth-order valence-electron chi connectivity index (χ4n) is 10.1. The molecule has 0 unspecified atom stereocenters. The molecule has 24 heteroatoms. The van der Waals surface area contributed by atoms with E-state index in [-0.39, 0.29) is 96.1 Å². The number of benzene rings is 2. The number of nitrogens with zero attached hydrogens (tertiary/aromatic N) is 3. The molecule has 8 N–H and O–H groups in total. The highest BCUT2D eigenvalue weighted by atomic mass is 19.1. The van der Waals surface area contributed by atoms with Crippen LogP contribution in [0.5, 0.6) is 0 Å². The molecule has 23 nitrogen and oxygen atoms in total. The van der Waals surface area contributed by atoms with Crippen molar-refractivity contribution in [3.8, 4) is 11.4 Å². The molecule has 1 aliphatic carbocycles. The number of hydrogen-bond donors (Lipinski definition) is 7. The number of aryl methyl sites for hydroxylation is 1. The number of cyclic esters (lactones) is 1. The van der Waals surface area contributed by atoms with Gasteiger partial charge in [0.15, 0.2) is 5.60 Å². The lowest BCUT2D eigenvalue weighted by atomic mass is 9.81. The molecule has 4 aliphatic rings. The van der Waals surface area contributed by atoms with Gasteiger partial charge in [0.25, 0.3) is 17.4 Å². The Morgan fingerprint density at radius 3 is 2.36 bits per heavy atom. The lowest BCUT2D eigenvalue weighted by Crippen LogP contribution is -2.54. The lowest BCUT2D eigenvalue weighted by molar-refractivity contribution is -0.172. The van der Waals surface area contributed by atoms with Crippen LogP contribution in [-0.2, 0) is 79.5 Å². The maximum absolute atomic E-state index is 15.4. The van der Waals surface area contributed by atoms with Crippen molar-refractivity contribution in [2.45, 2.75) is 110 Å². The van der Waals surface area contributed by atoms with Crippen LogP contribution in [0.3, 0.4) is 0 Å². The van der Waals surface area contributed by atoms with Crippen molar-refractivity contribution in [2.75, 3.05) is 44.8 Å². The second-order valence-corrected chi connectivity index (χ2v) is 19.7. The summed E-state index contributed by atoms with van der Waals surface area (Å²) in [5, 5.41) is 25.7. The number of hydrogen-bond acceptors (Lipinski definition) is 15. The molecule has 8 rings (SSSR count). The number of nitrogens with one attached hydrogen (secondary N) is 5. The average molecular weight is 1080 g/mol. The molecular formula is C54H62FN9O14. The summed E-state index contributed by atoms with van der Waals surface area (Å²) in [6.07, 6.45) is 2.60. The summed E-state index contributed by atoms with van der Waals surface area (Å²) in [6, 6.07) is 5.79. The minimum atomic E-state index is -2.05. The third-order valence-corrected chi connectivity index (χ3v) is 14.3. The quantitative estimate of drug-likeness (QED) is 0.0281. The van der Waals surface area contributed by atoms with Crippen LogP contribution in [0.2, 0.25) is 0 Å². The first-order valence-electron chi connectivity index (χ1n) is 25.8. The Kier molecular flexibility index (Phi) is 17.3. The summed E-state index contributed by atoms with van der Waals surface area (Å²) in [6.45, 7) is 6.97. The molecule has 0 fully saturated rings. The maximum Gasteiger partial charge on any atom is 0.407 e. The van der Waals surface area contributed by atoms with E-state index in [1.165, 1.54) is 22.8 Å². The monoisotopic (exact) mass is 1080 g/mol. The summed E-state index contributed by atoms with van der Waals surface area (Å²) in [7, 11) is 0. The summed E-state index contributed by atoms with van der Waals surface area (Å²) >= 11 is 0. The number of amides is 8. The van der Waals surface area contributed by atoms with E-state index in [4.69, 9.17) is 29.7 Å². The van der Waals surface area contributed by atoms with Crippen LogP contribution in [0.4, 0.5) is 19.7 Å². The van der Waals surface area contributed by atoms with Gasteiger partial charge in [-0.3, -0.25) is 33.7 Å². The number of aromatic nitrogens is 2. The number of esters is 1. The van der Waals surface area contributed by atoms with Gasteiger partial charge in [-0.1, -0.05) is 32.9 Å². The topological polar surface area (TPSA) is 318 Å². The van der Waals surface area contributed by atoms with Crippen LogP contribution in [-0.4, -0.2) is 119 Å². The van der Waals surface area contributed by atoms with Crippen molar-refractivity contribution in [3.05, 3.63) is 104 Å². The Hall–Kier alpha value is -8.09. The highest BCUT2D eigenvalue weighted by Crippen LogP contribution is 2.46. The van der Waals surface area contributed by atoms with E-state index in [1.54, 1.807) is 58.0 Å². The summed E-state index contributed by atoms with van der Waals surface area (Å²) in [5.41, 5.74) is 7.38. The van der Waals surface area contributed by atoms with Crippen LogP contribution in [0.15, 0.2) is 53.3 Å². The SMILES string of the molecule is CC[C@@]1(O)C(=O)OCc2c1cc1n(c2=O)Cc2c-1nc1cc(F)c(C)c3c1c2[C@@H](NC(=O)OCc1ccc(NC(=O)[C@H](CCCNC(N)=O)NC(=O)[C@@H](NC(=O)CCOCCOCCN2C(=O)C=CC2=O)C(C)C)cc1)CC3. The van der Waals surface area contributed by atoms with Gasteiger partial charge in [-0.25, -0.2) is 23.8 Å². The number of aliphatic hydroxyl groups is 1. The number of carbonyl (C=O) groups excluding carboxylic acids is 8. The van der Waals surface area contributed by atoms with Crippen molar-refractivity contribution in [3.63, 3.8) is 0 Å². The predicted octanol–water partition coefficient (Wildman–Crippen LogP) is 2.80. The van der Waals surface area contributed by atoms with Crippen LogP contribution >= 0.6 is 0 Å². The molecule has 0 spiro atoms. The van der Waals surface area contributed by atoms with Crippen molar-refractivity contribution in [2.24, 2.45) is 11.7 Å². The molecule has 4 aromatic rings. The zero-order valence-corrected chi connectivity index (χ0v) is 43.6. The van der Waals surface area contributed by atoms with E-state index in [0.29, 0.717) is 63.1 Å². The first-order chi connectivity index (χ1) is 37.3. The number of primary amides is 1. The number of ether oxygens (including phenoxy) is 4. The van der Waals surface area contributed by atoms with Crippen molar-refractivity contribution < 1.29 is 66.8 Å². The summed E-state index contributed by atoms with van der Waals surface area (Å²) < 4.78 is 38.7. The molecule has 2 aromatic carbocycles. The van der Waals surface area contributed by atoms with Crippen LogP contribution in [0, 0.1) is 18.7 Å². The Labute approximate surface area is 446 Å². The third kappa shape index (κ3) is 12.0. The number of anilines is 1. The molecule has 0 saturated carbocycles. The van der Waals surface area contributed by atoms with E-state index >= 15 is 4.39 Å². The second-order valence-electron chi connectivity index (χ2n) is 19.7. The zero-order chi connectivity index (χ0) is 56.0. The number of halogens is 1. The highest BCUT2D eigenvalue weighted by Gasteiger charge is 2.46. The number of carbonyl (C=O) groups is 8. The van der Waals surface area contributed by atoms with Gasteiger partial charge in [-0.15, -0.1) is 0 Å². The van der Waals surface area contributed by atoms with Gasteiger partial charge in [0.2, 0.25) is 17.7 Å². The standard InChI is InChI=1S/C54H62FN9O14/c1-5-54(74)35-23-40-47-33(25-64(40)50(70)34(35)27-77-51(54)71)45-37(13-12-32-29(4)36(55)24-39(59-47)44(32)45)61-53(73)78-26-30-8-10-31(11-9-30)58-48(68)38(7-6-17-57-52(56)72)60-49(69)46(28(2)3)62-41(65)16-19-75-21-22-76-20-18-63-42(66)14-15-43(63)67/h8-11,14-15,23-24,28,37-38,46,74H,5-7,12-13,16-22,25-27H2,1-4H3,(H,58,68)(H,60,69)(H,61,73)(H,62,65)(H3,56,57,72)/t37-,38-,46-,54-/m0/s1. The molecule has 0 saturated heterocycles. The van der Waals surface area contributed by atoms with Crippen molar-refractivity contribution in [1.82, 2.24) is 35.7 Å². The highest BCUT2D eigenvalue weighted by molar-refractivity contribution is 6.12. The fourth-order valence-corrected chi connectivity index (χ4v) is 10.1. The molecule has 414 valence electrons. The van der Waals surface area contributed by atoms with Crippen LogP contribution in [0.1, 0.15) is 97.9 Å². The molecule has 78 heavy (non-hydrogen) atoms. The van der Waals surface area contributed by atoms with Crippen LogP contribution in [0.25, 0.3) is 22.3 Å². The normalized spacial score (nSPS) is 17.7. The van der Waals surface area contributed by atoms with Gasteiger partial charge >= 0.3 is 18.1 Å².